The average molecular weight is 780 g/mol. The lowest BCUT2D eigenvalue weighted by Gasteiger charge is -2.14. The Hall–Kier alpha value is -8.35. The molecule has 6 heteroatoms. The summed E-state index contributed by atoms with van der Waals surface area (Å²) < 4.78 is 11.3. The van der Waals surface area contributed by atoms with Gasteiger partial charge in [0.25, 0.3) is 0 Å². The number of hydrogen-bond donors (Lipinski definition) is 0. The second-order valence-electron chi connectivity index (χ2n) is 15.6. The normalized spacial score (nSPS) is 11.9. The third kappa shape index (κ3) is 5.19. The maximum Gasteiger partial charge on any atom is 0.238 e. The molecular weight excluding hydrogens is 747 g/mol. The molecule has 0 amide bonds. The number of aromatic nitrogens is 5. The van der Waals surface area contributed by atoms with E-state index in [1.165, 1.54) is 21.5 Å². The van der Waals surface area contributed by atoms with Crippen LogP contribution in [0.25, 0.3) is 122 Å². The monoisotopic (exact) mass is 779 g/mol. The molecule has 0 aliphatic rings. The van der Waals surface area contributed by atoms with Gasteiger partial charge in [-0.2, -0.15) is 9.97 Å². The highest BCUT2D eigenvalue weighted by Crippen LogP contribution is 2.41. The largest absolute Gasteiger partial charge is 0.455 e. The second kappa shape index (κ2) is 13.1. The summed E-state index contributed by atoms with van der Waals surface area (Å²) in [6, 6.07) is 70.3. The molecule has 0 aliphatic carbocycles. The molecule has 9 aromatic carbocycles. The lowest BCUT2D eigenvalue weighted by molar-refractivity contribution is 0.669. The van der Waals surface area contributed by atoms with Crippen LogP contribution in [-0.2, 0) is 0 Å². The van der Waals surface area contributed by atoms with Gasteiger partial charge in [0.1, 0.15) is 11.2 Å². The molecule has 0 fully saturated rings. The summed E-state index contributed by atoms with van der Waals surface area (Å²) in [6.45, 7) is 0. The molecule has 4 aromatic heterocycles. The van der Waals surface area contributed by atoms with Gasteiger partial charge in [-0.25, -0.2) is 4.98 Å². The zero-order valence-corrected chi connectivity index (χ0v) is 32.7. The molecule has 0 unspecified atom stereocenters. The van der Waals surface area contributed by atoms with Crippen LogP contribution in [-0.4, -0.2) is 24.1 Å². The summed E-state index contributed by atoms with van der Waals surface area (Å²) in [4.78, 5) is 16.1. The predicted octanol–water partition coefficient (Wildman–Crippen LogP) is 14.1. The number of furan rings is 1. The SMILES string of the molecule is c1ccc(-c2ccc(-c3nc(-c4cc(-n5c6ccccc6c6cc7ccccc7cc65)cc5c4oc4ccccc45)nc(-n4c5ccccc5c5ccccc54)n3)cc2)cc1. The van der Waals surface area contributed by atoms with Gasteiger partial charge in [-0.1, -0.05) is 152 Å². The standard InChI is InChI=1S/C55H33N5O/c1-2-14-34(15-3-1)35-26-28-36(29-27-35)53-56-54(58-55(57-53)60-48-23-11-6-18-40(48)41-19-7-12-24-49(41)60)46-33-39(32-45-43-21-9-13-25-51(43)61-52(45)46)59-47-22-10-8-20-42(47)44-30-37-16-4-5-17-38(37)31-50(44)59/h1-33H. The predicted molar refractivity (Wildman–Crippen MR) is 250 cm³/mol. The van der Waals surface area contributed by atoms with Crippen molar-refractivity contribution in [3.05, 3.63) is 200 Å². The molecule has 0 spiro atoms. The van der Waals surface area contributed by atoms with E-state index in [0.717, 1.165) is 82.7 Å². The summed E-state index contributed by atoms with van der Waals surface area (Å²) in [6.07, 6.45) is 0. The van der Waals surface area contributed by atoms with Gasteiger partial charge in [0.05, 0.1) is 27.6 Å². The summed E-state index contributed by atoms with van der Waals surface area (Å²) in [5, 5.41) is 9.07. The van der Waals surface area contributed by atoms with Crippen LogP contribution in [0.3, 0.4) is 0 Å². The lowest BCUT2D eigenvalue weighted by atomic mass is 10.0. The zero-order chi connectivity index (χ0) is 40.0. The summed E-state index contributed by atoms with van der Waals surface area (Å²) >= 11 is 0. The molecule has 0 saturated carbocycles. The van der Waals surface area contributed by atoms with Gasteiger partial charge in [0, 0.05) is 43.6 Å². The van der Waals surface area contributed by atoms with Crippen LogP contribution in [0.5, 0.6) is 0 Å². The molecule has 6 nitrogen and oxygen atoms in total. The zero-order valence-electron chi connectivity index (χ0n) is 32.7. The van der Waals surface area contributed by atoms with E-state index in [2.05, 4.69) is 191 Å². The van der Waals surface area contributed by atoms with Crippen molar-refractivity contribution in [2.75, 3.05) is 0 Å². The molecule has 4 heterocycles. The Morgan fingerprint density at radius 3 is 1.61 bits per heavy atom. The van der Waals surface area contributed by atoms with Crippen LogP contribution in [0.4, 0.5) is 0 Å². The first-order valence-electron chi connectivity index (χ1n) is 20.5. The first kappa shape index (κ1) is 33.6. The molecule has 284 valence electrons. The molecule has 13 rings (SSSR count). The number of para-hydroxylation sites is 4. The second-order valence-corrected chi connectivity index (χ2v) is 15.6. The van der Waals surface area contributed by atoms with E-state index >= 15 is 0 Å². The van der Waals surface area contributed by atoms with E-state index in [9.17, 15) is 0 Å². The Bertz CT molecular complexity index is 3820. The Morgan fingerprint density at radius 2 is 0.885 bits per heavy atom. The first-order chi connectivity index (χ1) is 30.2. The quantitative estimate of drug-likeness (QED) is 0.175. The smallest absolute Gasteiger partial charge is 0.238 e. The number of rotatable bonds is 5. The van der Waals surface area contributed by atoms with Crippen LogP contribution in [0.1, 0.15) is 0 Å². The van der Waals surface area contributed by atoms with Gasteiger partial charge in [0.15, 0.2) is 11.6 Å². The van der Waals surface area contributed by atoms with Gasteiger partial charge in [-0.3, -0.25) is 4.57 Å². The molecule has 61 heavy (non-hydrogen) atoms. The van der Waals surface area contributed by atoms with Crippen LogP contribution < -0.4 is 0 Å². The third-order valence-corrected chi connectivity index (χ3v) is 12.2. The minimum absolute atomic E-state index is 0.520. The van der Waals surface area contributed by atoms with Crippen LogP contribution >= 0.6 is 0 Å². The number of nitrogens with zero attached hydrogens (tertiary/aromatic N) is 5. The molecule has 0 radical (unpaired) electrons. The maximum atomic E-state index is 6.81. The summed E-state index contributed by atoms with van der Waals surface area (Å²) in [7, 11) is 0. The fraction of sp³-hybridized carbons (Fsp3) is 0. The van der Waals surface area contributed by atoms with E-state index in [4.69, 9.17) is 19.4 Å². The highest BCUT2D eigenvalue weighted by atomic mass is 16.3. The number of benzene rings is 9. The van der Waals surface area contributed by atoms with E-state index in [0.29, 0.717) is 17.6 Å². The van der Waals surface area contributed by atoms with Crippen molar-refractivity contribution >= 4 is 76.3 Å². The van der Waals surface area contributed by atoms with Crippen molar-refractivity contribution in [3.8, 4) is 45.5 Å². The Balaban J connectivity index is 1.12. The Kier molecular flexibility index (Phi) is 7.21. The minimum Gasteiger partial charge on any atom is -0.455 e. The number of hydrogen-bond acceptors (Lipinski definition) is 4. The van der Waals surface area contributed by atoms with Crippen molar-refractivity contribution in [3.63, 3.8) is 0 Å². The van der Waals surface area contributed by atoms with Crippen molar-refractivity contribution in [2.45, 2.75) is 0 Å². The molecule has 0 saturated heterocycles. The third-order valence-electron chi connectivity index (χ3n) is 12.2. The number of fused-ring (bicyclic) bond motifs is 10. The van der Waals surface area contributed by atoms with Crippen molar-refractivity contribution in [1.29, 1.82) is 0 Å². The molecule has 13 aromatic rings. The Labute approximate surface area is 349 Å². The van der Waals surface area contributed by atoms with E-state index in [1.54, 1.807) is 0 Å². The molecule has 0 bridgehead atoms. The van der Waals surface area contributed by atoms with Gasteiger partial charge >= 0.3 is 0 Å². The van der Waals surface area contributed by atoms with Crippen LogP contribution in [0.2, 0.25) is 0 Å². The van der Waals surface area contributed by atoms with Gasteiger partial charge < -0.3 is 8.98 Å². The van der Waals surface area contributed by atoms with Crippen LogP contribution in [0, 0.1) is 0 Å². The topological polar surface area (TPSA) is 61.7 Å². The maximum absolute atomic E-state index is 6.81. The van der Waals surface area contributed by atoms with E-state index in [-0.39, 0.29) is 0 Å². The first-order valence-corrected chi connectivity index (χ1v) is 20.5. The highest BCUT2D eigenvalue weighted by Gasteiger charge is 2.23. The van der Waals surface area contributed by atoms with E-state index < -0.39 is 0 Å². The minimum atomic E-state index is 0.520. The highest BCUT2D eigenvalue weighted by molar-refractivity contribution is 6.15. The van der Waals surface area contributed by atoms with Crippen molar-refractivity contribution in [1.82, 2.24) is 24.1 Å². The van der Waals surface area contributed by atoms with Crippen molar-refractivity contribution < 1.29 is 4.42 Å². The van der Waals surface area contributed by atoms with Gasteiger partial charge in [-0.05, 0) is 70.4 Å². The average Bonchev–Trinajstić information content (AvgIpc) is 3.98. The molecule has 0 aliphatic heterocycles. The lowest BCUT2D eigenvalue weighted by Crippen LogP contribution is -2.07. The van der Waals surface area contributed by atoms with Crippen molar-refractivity contribution in [2.24, 2.45) is 0 Å². The molecule has 0 N–H and O–H groups in total. The van der Waals surface area contributed by atoms with E-state index in [1.807, 2.05) is 18.2 Å². The molecular formula is C55H33N5O. The van der Waals surface area contributed by atoms with Gasteiger partial charge in [-0.15, -0.1) is 0 Å². The Morgan fingerprint density at radius 1 is 0.344 bits per heavy atom. The van der Waals surface area contributed by atoms with Crippen LogP contribution in [0.15, 0.2) is 205 Å². The summed E-state index contributed by atoms with van der Waals surface area (Å²) in [5.74, 6) is 1.62. The van der Waals surface area contributed by atoms with Gasteiger partial charge in [0.2, 0.25) is 5.95 Å². The molecule has 0 atom stereocenters. The fourth-order valence-corrected chi connectivity index (χ4v) is 9.33. The fourth-order valence-electron chi connectivity index (χ4n) is 9.33. The summed E-state index contributed by atoms with van der Waals surface area (Å²) in [5.41, 5.74) is 10.7.